The molecule has 96 valence electrons. The Bertz CT molecular complexity index is 319. The zero-order valence-corrected chi connectivity index (χ0v) is 10.4. The fraction of sp³-hybridized carbons (Fsp3) is 0.571. The van der Waals surface area contributed by atoms with Crippen LogP contribution in [0.2, 0.25) is 0 Å². The monoisotopic (exact) mass is 241 g/mol. The van der Waals surface area contributed by atoms with Crippen molar-refractivity contribution < 1.29 is 8.78 Å². The van der Waals surface area contributed by atoms with Crippen molar-refractivity contribution in [3.05, 3.63) is 35.4 Å². The average molecular weight is 241 g/mol. The third-order valence-electron chi connectivity index (χ3n) is 2.85. The number of hydrogen-bond acceptors (Lipinski definition) is 1. The first-order valence-electron chi connectivity index (χ1n) is 6.32. The Morgan fingerprint density at radius 2 is 1.71 bits per heavy atom. The van der Waals surface area contributed by atoms with E-state index >= 15 is 0 Å². The number of nitrogens with two attached hydrogens (primary N) is 1. The molecule has 1 rings (SSSR count). The summed E-state index contributed by atoms with van der Waals surface area (Å²) in [6.07, 6.45) is 6.15. The van der Waals surface area contributed by atoms with E-state index in [0.29, 0.717) is 12.0 Å². The molecule has 0 bridgehead atoms. The Labute approximate surface area is 102 Å². The first kappa shape index (κ1) is 14.1. The molecule has 0 spiro atoms. The summed E-state index contributed by atoms with van der Waals surface area (Å²) in [4.78, 5) is 0. The molecule has 0 radical (unpaired) electrons. The van der Waals surface area contributed by atoms with Gasteiger partial charge in [-0.05, 0) is 30.5 Å². The molecule has 0 aliphatic carbocycles. The summed E-state index contributed by atoms with van der Waals surface area (Å²) in [5, 5.41) is 0. The molecular weight excluding hydrogens is 220 g/mol. The summed E-state index contributed by atoms with van der Waals surface area (Å²) in [6.45, 7) is 2.16. The largest absolute Gasteiger partial charge is 0.327 e. The van der Waals surface area contributed by atoms with E-state index in [1.165, 1.54) is 31.4 Å². The number of halogens is 2. The zero-order chi connectivity index (χ0) is 12.7. The summed E-state index contributed by atoms with van der Waals surface area (Å²) >= 11 is 0. The van der Waals surface area contributed by atoms with Crippen molar-refractivity contribution in [1.82, 2.24) is 0 Å². The molecular formula is C14H21F2N. The smallest absolute Gasteiger partial charge is 0.126 e. The Kier molecular flexibility index (Phi) is 6.12. The maximum Gasteiger partial charge on any atom is 0.126 e. The molecule has 0 amide bonds. The summed E-state index contributed by atoms with van der Waals surface area (Å²) in [5.41, 5.74) is 6.59. The lowest BCUT2D eigenvalue weighted by atomic mass is 10.0. The molecule has 0 aliphatic rings. The minimum Gasteiger partial charge on any atom is -0.327 e. The lowest BCUT2D eigenvalue weighted by Crippen LogP contribution is -2.22. The molecule has 1 unspecified atom stereocenters. The van der Waals surface area contributed by atoms with Crippen LogP contribution in [0.15, 0.2) is 18.2 Å². The Morgan fingerprint density at radius 1 is 1.06 bits per heavy atom. The van der Waals surface area contributed by atoms with Crippen LogP contribution >= 0.6 is 0 Å². The maximum absolute atomic E-state index is 12.9. The first-order valence-corrected chi connectivity index (χ1v) is 6.32. The molecule has 0 saturated heterocycles. The third kappa shape index (κ3) is 5.78. The van der Waals surface area contributed by atoms with Gasteiger partial charge in [-0.3, -0.25) is 0 Å². The summed E-state index contributed by atoms with van der Waals surface area (Å²) < 4.78 is 25.9. The van der Waals surface area contributed by atoms with E-state index in [1.54, 1.807) is 0 Å². The summed E-state index contributed by atoms with van der Waals surface area (Å²) in [6, 6.07) is 3.59. The second-order valence-corrected chi connectivity index (χ2v) is 4.59. The van der Waals surface area contributed by atoms with Gasteiger partial charge in [0.25, 0.3) is 0 Å². The fourth-order valence-electron chi connectivity index (χ4n) is 1.97. The molecule has 0 aromatic heterocycles. The van der Waals surface area contributed by atoms with Crippen molar-refractivity contribution in [3.8, 4) is 0 Å². The molecule has 1 aromatic carbocycles. The summed E-state index contributed by atoms with van der Waals surface area (Å²) in [7, 11) is 0. The minimum absolute atomic E-state index is 0.00643. The predicted octanol–water partition coefficient (Wildman–Crippen LogP) is 3.81. The summed E-state index contributed by atoms with van der Waals surface area (Å²) in [5.74, 6) is -1.06. The number of hydrogen-bond donors (Lipinski definition) is 1. The van der Waals surface area contributed by atoms with Crippen LogP contribution in [0, 0.1) is 11.6 Å². The quantitative estimate of drug-likeness (QED) is 0.722. The Hall–Kier alpha value is -0.960. The van der Waals surface area contributed by atoms with Crippen LogP contribution in [-0.2, 0) is 6.42 Å². The molecule has 1 atom stereocenters. The van der Waals surface area contributed by atoms with E-state index in [4.69, 9.17) is 5.73 Å². The van der Waals surface area contributed by atoms with Crippen molar-refractivity contribution in [2.75, 3.05) is 0 Å². The Morgan fingerprint density at radius 3 is 2.29 bits per heavy atom. The van der Waals surface area contributed by atoms with Crippen LogP contribution < -0.4 is 5.73 Å². The van der Waals surface area contributed by atoms with Gasteiger partial charge in [0.15, 0.2) is 0 Å². The third-order valence-corrected chi connectivity index (χ3v) is 2.85. The van der Waals surface area contributed by atoms with E-state index in [-0.39, 0.29) is 6.04 Å². The first-order chi connectivity index (χ1) is 8.11. The van der Waals surface area contributed by atoms with Gasteiger partial charge < -0.3 is 5.73 Å². The molecule has 0 aliphatic heterocycles. The number of rotatable bonds is 7. The standard InChI is InChI=1S/C14H21F2N/c1-2-3-4-5-6-14(17)9-11-7-12(15)10-13(16)8-11/h7-8,10,14H,2-6,9,17H2,1H3. The topological polar surface area (TPSA) is 26.0 Å². The van der Waals surface area contributed by atoms with Gasteiger partial charge in [-0.2, -0.15) is 0 Å². The van der Waals surface area contributed by atoms with Crippen molar-refractivity contribution in [2.24, 2.45) is 5.73 Å². The maximum atomic E-state index is 12.9. The molecule has 1 aromatic rings. The highest BCUT2D eigenvalue weighted by Gasteiger charge is 2.06. The molecule has 3 heteroatoms. The van der Waals surface area contributed by atoms with E-state index in [0.717, 1.165) is 18.9 Å². The second-order valence-electron chi connectivity index (χ2n) is 4.59. The molecule has 1 nitrogen and oxygen atoms in total. The van der Waals surface area contributed by atoms with Gasteiger partial charge in [0.1, 0.15) is 11.6 Å². The number of benzene rings is 1. The van der Waals surface area contributed by atoms with Crippen LogP contribution in [-0.4, -0.2) is 6.04 Å². The molecule has 0 saturated carbocycles. The lowest BCUT2D eigenvalue weighted by Gasteiger charge is -2.11. The van der Waals surface area contributed by atoms with Crippen molar-refractivity contribution in [2.45, 2.75) is 51.5 Å². The van der Waals surface area contributed by atoms with Gasteiger partial charge in [-0.1, -0.05) is 32.6 Å². The normalized spacial score (nSPS) is 12.7. The van der Waals surface area contributed by atoms with E-state index in [1.807, 2.05) is 0 Å². The predicted molar refractivity (Wildman–Crippen MR) is 66.8 cm³/mol. The number of unbranched alkanes of at least 4 members (excludes halogenated alkanes) is 3. The van der Waals surface area contributed by atoms with Gasteiger partial charge in [0, 0.05) is 12.1 Å². The van der Waals surface area contributed by atoms with Crippen LogP contribution in [0.5, 0.6) is 0 Å². The van der Waals surface area contributed by atoms with Crippen LogP contribution in [0.1, 0.15) is 44.6 Å². The minimum atomic E-state index is -0.529. The zero-order valence-electron chi connectivity index (χ0n) is 10.4. The fourth-order valence-corrected chi connectivity index (χ4v) is 1.97. The van der Waals surface area contributed by atoms with Crippen molar-refractivity contribution in [3.63, 3.8) is 0 Å². The highest BCUT2D eigenvalue weighted by Crippen LogP contribution is 2.12. The van der Waals surface area contributed by atoms with Crippen LogP contribution in [0.25, 0.3) is 0 Å². The van der Waals surface area contributed by atoms with Gasteiger partial charge in [-0.25, -0.2) is 8.78 Å². The Balaban J connectivity index is 2.36. The van der Waals surface area contributed by atoms with Crippen molar-refractivity contribution in [1.29, 1.82) is 0 Å². The average Bonchev–Trinajstić information content (AvgIpc) is 2.23. The van der Waals surface area contributed by atoms with E-state index < -0.39 is 11.6 Å². The highest BCUT2D eigenvalue weighted by molar-refractivity contribution is 5.18. The van der Waals surface area contributed by atoms with Gasteiger partial charge in [0.05, 0.1) is 0 Å². The van der Waals surface area contributed by atoms with Gasteiger partial charge >= 0.3 is 0 Å². The molecule has 17 heavy (non-hydrogen) atoms. The lowest BCUT2D eigenvalue weighted by molar-refractivity contribution is 0.539. The van der Waals surface area contributed by atoms with E-state index in [2.05, 4.69) is 6.92 Å². The van der Waals surface area contributed by atoms with Gasteiger partial charge in [0.2, 0.25) is 0 Å². The van der Waals surface area contributed by atoms with Crippen LogP contribution in [0.3, 0.4) is 0 Å². The molecule has 2 N–H and O–H groups in total. The highest BCUT2D eigenvalue weighted by atomic mass is 19.1. The molecule has 0 heterocycles. The van der Waals surface area contributed by atoms with Gasteiger partial charge in [-0.15, -0.1) is 0 Å². The van der Waals surface area contributed by atoms with Crippen LogP contribution in [0.4, 0.5) is 8.78 Å². The molecule has 0 fully saturated rings. The van der Waals surface area contributed by atoms with E-state index in [9.17, 15) is 8.78 Å². The second kappa shape index (κ2) is 7.38. The SMILES string of the molecule is CCCCCCC(N)Cc1cc(F)cc(F)c1. The van der Waals surface area contributed by atoms with Crippen molar-refractivity contribution >= 4 is 0 Å².